The summed E-state index contributed by atoms with van der Waals surface area (Å²) < 4.78 is 1.85. The van der Waals surface area contributed by atoms with Crippen molar-refractivity contribution in [2.45, 2.75) is 19.6 Å². The lowest BCUT2D eigenvalue weighted by atomic mass is 10.3. The highest BCUT2D eigenvalue weighted by atomic mass is 16.3. The van der Waals surface area contributed by atoms with Gasteiger partial charge in [0.2, 0.25) is 0 Å². The van der Waals surface area contributed by atoms with Gasteiger partial charge >= 0.3 is 0 Å². The summed E-state index contributed by atoms with van der Waals surface area (Å²) in [5.41, 5.74) is 1.80. The van der Waals surface area contributed by atoms with Gasteiger partial charge in [0.25, 0.3) is 0 Å². The summed E-state index contributed by atoms with van der Waals surface area (Å²) in [4.78, 5) is 4.33. The predicted molar refractivity (Wildman–Crippen MR) is 57.5 cm³/mol. The molecular formula is C11H14N2O2. The molecule has 1 aromatic carbocycles. The van der Waals surface area contributed by atoms with E-state index in [0.717, 1.165) is 11.0 Å². The lowest BCUT2D eigenvalue weighted by Gasteiger charge is -2.08. The molecule has 1 unspecified atom stereocenters. The van der Waals surface area contributed by atoms with Crippen LogP contribution in [0.15, 0.2) is 24.3 Å². The Labute approximate surface area is 87.8 Å². The first kappa shape index (κ1) is 10.1. The van der Waals surface area contributed by atoms with Crippen LogP contribution in [-0.2, 0) is 6.54 Å². The SMILES string of the molecule is CC(O)c1nc2ccccc2n1CCO. The van der Waals surface area contributed by atoms with Crippen molar-refractivity contribution in [1.29, 1.82) is 0 Å². The van der Waals surface area contributed by atoms with Crippen LogP contribution in [0.1, 0.15) is 18.9 Å². The molecule has 1 aromatic heterocycles. The minimum Gasteiger partial charge on any atom is -0.395 e. The second-order valence-electron chi connectivity index (χ2n) is 3.51. The first-order valence-electron chi connectivity index (χ1n) is 4.98. The number of aromatic nitrogens is 2. The zero-order valence-electron chi connectivity index (χ0n) is 8.59. The fraction of sp³-hybridized carbons (Fsp3) is 0.364. The molecule has 0 amide bonds. The van der Waals surface area contributed by atoms with E-state index < -0.39 is 6.10 Å². The lowest BCUT2D eigenvalue weighted by molar-refractivity contribution is 0.180. The summed E-state index contributed by atoms with van der Waals surface area (Å²) in [6, 6.07) is 7.66. The topological polar surface area (TPSA) is 58.3 Å². The van der Waals surface area contributed by atoms with E-state index >= 15 is 0 Å². The number of imidazole rings is 1. The molecule has 80 valence electrons. The molecular weight excluding hydrogens is 192 g/mol. The average molecular weight is 206 g/mol. The molecule has 1 atom stereocenters. The van der Waals surface area contributed by atoms with Crippen LogP contribution in [-0.4, -0.2) is 26.4 Å². The molecule has 0 fully saturated rings. The molecule has 0 aliphatic carbocycles. The van der Waals surface area contributed by atoms with E-state index in [4.69, 9.17) is 5.11 Å². The first-order valence-corrected chi connectivity index (χ1v) is 4.98. The van der Waals surface area contributed by atoms with Gasteiger partial charge < -0.3 is 14.8 Å². The number of benzene rings is 1. The van der Waals surface area contributed by atoms with Crippen LogP contribution in [0.2, 0.25) is 0 Å². The second-order valence-corrected chi connectivity index (χ2v) is 3.51. The Bertz CT molecular complexity index is 463. The third kappa shape index (κ3) is 1.73. The van der Waals surface area contributed by atoms with Crippen molar-refractivity contribution < 1.29 is 10.2 Å². The lowest BCUT2D eigenvalue weighted by Crippen LogP contribution is -2.09. The minimum atomic E-state index is -0.621. The Hall–Kier alpha value is -1.39. The van der Waals surface area contributed by atoms with Gasteiger partial charge in [-0.3, -0.25) is 0 Å². The summed E-state index contributed by atoms with van der Waals surface area (Å²) >= 11 is 0. The van der Waals surface area contributed by atoms with Gasteiger partial charge in [-0.25, -0.2) is 4.98 Å². The molecule has 0 saturated heterocycles. The Morgan fingerprint density at radius 1 is 1.40 bits per heavy atom. The fourth-order valence-corrected chi connectivity index (χ4v) is 1.75. The molecule has 0 spiro atoms. The van der Waals surface area contributed by atoms with E-state index in [1.165, 1.54) is 0 Å². The van der Waals surface area contributed by atoms with Gasteiger partial charge in [-0.1, -0.05) is 12.1 Å². The molecule has 0 saturated carbocycles. The highest BCUT2D eigenvalue weighted by Gasteiger charge is 2.13. The van der Waals surface area contributed by atoms with Gasteiger partial charge in [0.15, 0.2) is 0 Å². The van der Waals surface area contributed by atoms with Gasteiger partial charge in [-0.05, 0) is 19.1 Å². The summed E-state index contributed by atoms with van der Waals surface area (Å²) in [5.74, 6) is 0.602. The van der Waals surface area contributed by atoms with Crippen molar-refractivity contribution in [2.75, 3.05) is 6.61 Å². The monoisotopic (exact) mass is 206 g/mol. The normalized spacial score (nSPS) is 13.3. The molecule has 2 aromatic rings. The van der Waals surface area contributed by atoms with Crippen LogP contribution < -0.4 is 0 Å². The molecule has 1 heterocycles. The quantitative estimate of drug-likeness (QED) is 0.790. The first-order chi connectivity index (χ1) is 7.24. The number of hydrogen-bond donors (Lipinski definition) is 2. The molecule has 0 radical (unpaired) electrons. The van der Waals surface area contributed by atoms with Crippen molar-refractivity contribution in [2.24, 2.45) is 0 Å². The molecule has 2 N–H and O–H groups in total. The van der Waals surface area contributed by atoms with Crippen molar-refractivity contribution >= 4 is 11.0 Å². The number of rotatable bonds is 3. The van der Waals surface area contributed by atoms with E-state index in [-0.39, 0.29) is 6.61 Å². The number of aliphatic hydroxyl groups excluding tert-OH is 2. The van der Waals surface area contributed by atoms with E-state index in [1.54, 1.807) is 6.92 Å². The van der Waals surface area contributed by atoms with Gasteiger partial charge in [0.1, 0.15) is 11.9 Å². The summed E-state index contributed by atoms with van der Waals surface area (Å²) in [6.45, 7) is 2.18. The van der Waals surface area contributed by atoms with E-state index in [0.29, 0.717) is 12.4 Å². The van der Waals surface area contributed by atoms with Gasteiger partial charge in [0.05, 0.1) is 17.6 Å². The number of hydrogen-bond acceptors (Lipinski definition) is 3. The molecule has 0 aliphatic rings. The Balaban J connectivity index is 2.63. The minimum absolute atomic E-state index is 0.0417. The number of fused-ring (bicyclic) bond motifs is 1. The molecule has 15 heavy (non-hydrogen) atoms. The number of para-hydroxylation sites is 2. The number of aliphatic hydroxyl groups is 2. The van der Waals surface area contributed by atoms with Crippen LogP contribution in [0.4, 0.5) is 0 Å². The molecule has 4 heteroatoms. The fourth-order valence-electron chi connectivity index (χ4n) is 1.75. The van der Waals surface area contributed by atoms with E-state index in [2.05, 4.69) is 4.98 Å². The molecule has 0 bridgehead atoms. The second kappa shape index (κ2) is 4.00. The summed E-state index contributed by atoms with van der Waals surface area (Å²) in [6.07, 6.45) is -0.621. The van der Waals surface area contributed by atoms with Crippen molar-refractivity contribution in [3.8, 4) is 0 Å². The largest absolute Gasteiger partial charge is 0.395 e. The molecule has 2 rings (SSSR count). The predicted octanol–water partition coefficient (Wildman–Crippen LogP) is 1.08. The van der Waals surface area contributed by atoms with Crippen LogP contribution in [0, 0.1) is 0 Å². The van der Waals surface area contributed by atoms with Gasteiger partial charge in [0, 0.05) is 6.54 Å². The van der Waals surface area contributed by atoms with Gasteiger partial charge in [-0.15, -0.1) is 0 Å². The van der Waals surface area contributed by atoms with Crippen molar-refractivity contribution in [3.05, 3.63) is 30.1 Å². The van der Waals surface area contributed by atoms with E-state index in [9.17, 15) is 5.11 Å². The third-order valence-corrected chi connectivity index (χ3v) is 2.38. The Morgan fingerprint density at radius 2 is 2.13 bits per heavy atom. The smallest absolute Gasteiger partial charge is 0.138 e. The highest BCUT2D eigenvalue weighted by Crippen LogP contribution is 2.20. The molecule has 0 aliphatic heterocycles. The average Bonchev–Trinajstić information content (AvgIpc) is 2.58. The maximum absolute atomic E-state index is 9.57. The van der Waals surface area contributed by atoms with Crippen LogP contribution >= 0.6 is 0 Å². The Kier molecular flexibility index (Phi) is 2.70. The molecule has 4 nitrogen and oxygen atoms in total. The van der Waals surface area contributed by atoms with Crippen LogP contribution in [0.3, 0.4) is 0 Å². The zero-order chi connectivity index (χ0) is 10.8. The third-order valence-electron chi connectivity index (χ3n) is 2.38. The van der Waals surface area contributed by atoms with Gasteiger partial charge in [-0.2, -0.15) is 0 Å². The highest BCUT2D eigenvalue weighted by molar-refractivity contribution is 5.75. The van der Waals surface area contributed by atoms with E-state index in [1.807, 2.05) is 28.8 Å². The van der Waals surface area contributed by atoms with Crippen LogP contribution in [0.25, 0.3) is 11.0 Å². The standard InChI is InChI=1S/C11H14N2O2/c1-8(15)11-12-9-4-2-3-5-10(9)13(11)6-7-14/h2-5,8,14-15H,6-7H2,1H3. The van der Waals surface area contributed by atoms with Crippen molar-refractivity contribution in [1.82, 2.24) is 9.55 Å². The zero-order valence-corrected chi connectivity index (χ0v) is 8.59. The summed E-state index contributed by atoms with van der Waals surface area (Å²) in [7, 11) is 0. The van der Waals surface area contributed by atoms with Crippen molar-refractivity contribution in [3.63, 3.8) is 0 Å². The number of nitrogens with zero attached hydrogens (tertiary/aromatic N) is 2. The maximum Gasteiger partial charge on any atom is 0.138 e. The van der Waals surface area contributed by atoms with Crippen LogP contribution in [0.5, 0.6) is 0 Å². The maximum atomic E-state index is 9.57. The summed E-state index contributed by atoms with van der Waals surface area (Å²) in [5, 5.41) is 18.5. The Morgan fingerprint density at radius 3 is 2.80 bits per heavy atom.